The van der Waals surface area contributed by atoms with E-state index in [0.717, 1.165) is 61.4 Å². The normalized spacial score (nSPS) is 12.6. The molecule has 0 fully saturated rings. The Morgan fingerprint density at radius 3 is 1.78 bits per heavy atom. The van der Waals surface area contributed by atoms with E-state index >= 15 is 0 Å². The SMILES string of the molecule is CC(C)(C)c1cc(-c2cc(-c3ccccc3)ccn2)[c-]c(-c2cccc3c2nc(-c2cc(C(C)(C)C)cc(C(C)(C)C)c2O)n3-c2ccc3c4ccc([Si](C)(C)C)cc4c4ccccc4c3c2)c1.[Pt]. The Bertz CT molecular complexity index is 3600. The average Bonchev–Trinajstić information content (AvgIpc) is 3.70. The van der Waals surface area contributed by atoms with Crippen LogP contribution in [0.25, 0.3) is 93.9 Å². The second kappa shape index (κ2) is 17.4. The third-order valence-corrected chi connectivity index (χ3v) is 15.9. The first-order valence-electron chi connectivity index (χ1n) is 24.0. The van der Waals surface area contributed by atoms with Gasteiger partial charge in [0.2, 0.25) is 0 Å². The minimum Gasteiger partial charge on any atom is -0.507 e. The van der Waals surface area contributed by atoms with Crippen LogP contribution < -0.4 is 5.19 Å². The second-order valence-electron chi connectivity index (χ2n) is 22.9. The van der Waals surface area contributed by atoms with Gasteiger partial charge in [0.15, 0.2) is 0 Å². The van der Waals surface area contributed by atoms with Crippen LogP contribution in [0.2, 0.25) is 19.6 Å². The van der Waals surface area contributed by atoms with Crippen LogP contribution >= 0.6 is 0 Å². The molecule has 0 aliphatic heterocycles. The minimum absolute atomic E-state index is 0. The second-order valence-corrected chi connectivity index (χ2v) is 28.0. The van der Waals surface area contributed by atoms with E-state index in [9.17, 15) is 5.11 Å². The molecule has 350 valence electrons. The van der Waals surface area contributed by atoms with E-state index < -0.39 is 8.07 Å². The predicted octanol–water partition coefficient (Wildman–Crippen LogP) is 16.5. The molecule has 0 atom stereocenters. The van der Waals surface area contributed by atoms with Gasteiger partial charge in [-0.05, 0) is 95.6 Å². The topological polar surface area (TPSA) is 50.9 Å². The van der Waals surface area contributed by atoms with Crippen LogP contribution in [-0.2, 0) is 37.3 Å². The van der Waals surface area contributed by atoms with Crippen molar-refractivity contribution in [3.8, 4) is 56.3 Å². The van der Waals surface area contributed by atoms with Crippen LogP contribution in [0.1, 0.15) is 79.0 Å². The van der Waals surface area contributed by atoms with Gasteiger partial charge in [-0.2, -0.15) is 0 Å². The van der Waals surface area contributed by atoms with Gasteiger partial charge in [-0.25, -0.2) is 4.98 Å². The number of benzene rings is 8. The van der Waals surface area contributed by atoms with Crippen molar-refractivity contribution in [3.05, 3.63) is 175 Å². The third-order valence-electron chi connectivity index (χ3n) is 13.8. The summed E-state index contributed by atoms with van der Waals surface area (Å²) in [7, 11) is -1.57. The zero-order valence-electron chi connectivity index (χ0n) is 42.0. The van der Waals surface area contributed by atoms with Gasteiger partial charge in [0.1, 0.15) is 11.6 Å². The molecule has 0 amide bonds. The Morgan fingerprint density at radius 1 is 0.522 bits per heavy atom. The third kappa shape index (κ3) is 8.78. The molecule has 69 heavy (non-hydrogen) atoms. The molecule has 0 spiro atoms. The van der Waals surface area contributed by atoms with Crippen molar-refractivity contribution in [1.29, 1.82) is 0 Å². The minimum atomic E-state index is -1.57. The zero-order valence-corrected chi connectivity index (χ0v) is 45.3. The summed E-state index contributed by atoms with van der Waals surface area (Å²) < 4.78 is 2.28. The number of phenolic OH excluding ortho intramolecular Hbond substituents is 1. The molecule has 0 bridgehead atoms. The summed E-state index contributed by atoms with van der Waals surface area (Å²) in [6.07, 6.45) is 1.90. The quantitative estimate of drug-likeness (QED) is 0.103. The van der Waals surface area contributed by atoms with Crippen LogP contribution in [0.5, 0.6) is 5.75 Å². The summed E-state index contributed by atoms with van der Waals surface area (Å²) in [4.78, 5) is 10.6. The van der Waals surface area contributed by atoms with Gasteiger partial charge in [-0.1, -0.05) is 201 Å². The van der Waals surface area contributed by atoms with Gasteiger partial charge in [0.05, 0.1) is 24.7 Å². The molecule has 0 saturated carbocycles. The number of nitrogens with zero attached hydrogens (tertiary/aromatic N) is 3. The summed E-state index contributed by atoms with van der Waals surface area (Å²) in [5.41, 5.74) is 12.0. The average molecular weight is 1100 g/mol. The molecular weight excluding hydrogens is 1040 g/mol. The Hall–Kier alpha value is -6.13. The van der Waals surface area contributed by atoms with Gasteiger partial charge < -0.3 is 5.11 Å². The van der Waals surface area contributed by atoms with E-state index in [1.54, 1.807) is 0 Å². The fraction of sp³-hybridized carbons (Fsp3) is 0.238. The molecule has 0 aliphatic carbocycles. The van der Waals surface area contributed by atoms with E-state index in [1.165, 1.54) is 43.1 Å². The predicted molar refractivity (Wildman–Crippen MR) is 293 cm³/mol. The first-order chi connectivity index (χ1) is 32.1. The van der Waals surface area contributed by atoms with E-state index in [4.69, 9.17) is 9.97 Å². The number of fused-ring (bicyclic) bond motifs is 7. The maximum Gasteiger partial charge on any atom is 0.148 e. The number of phenols is 1. The first-order valence-corrected chi connectivity index (χ1v) is 27.5. The number of para-hydroxylation sites is 1. The van der Waals surface area contributed by atoms with Crippen molar-refractivity contribution >= 4 is 56.6 Å². The first kappa shape index (κ1) is 47.9. The Balaban J connectivity index is 0.00000593. The molecule has 0 unspecified atom stereocenters. The fourth-order valence-corrected chi connectivity index (χ4v) is 11.0. The van der Waals surface area contributed by atoms with Gasteiger partial charge in [-0.15, -0.1) is 29.3 Å². The summed E-state index contributed by atoms with van der Waals surface area (Å²) in [6, 6.07) is 56.8. The van der Waals surface area contributed by atoms with E-state index in [-0.39, 0.29) is 43.1 Å². The molecule has 1 N–H and O–H groups in total. The largest absolute Gasteiger partial charge is 0.507 e. The molecule has 4 nitrogen and oxygen atoms in total. The van der Waals surface area contributed by atoms with Crippen molar-refractivity contribution in [1.82, 2.24) is 14.5 Å². The van der Waals surface area contributed by atoms with E-state index in [2.05, 4.69) is 232 Å². The standard InChI is InChI=1S/C63H62N3OSi.Pt/c1-61(2,3)43-32-41(31-42(33-43)56-34-40(29-30-64-56)39-19-14-13-15-20-39)47-23-18-24-57-58(47)65-60(54-35-44(62(4,5)6)36-55(59(54)67)63(7,8)9)66(57)45-25-27-50-51-28-26-46(68(10,11)12)38-53(51)49-22-17-16-21-48(49)52(50)37-45;/h13-30,32-38,67H,1-12H3;/q-1;. The van der Waals surface area contributed by atoms with E-state index in [1.807, 2.05) is 12.3 Å². The van der Waals surface area contributed by atoms with Gasteiger partial charge >= 0.3 is 0 Å². The molecule has 8 aromatic carbocycles. The number of hydrogen-bond acceptors (Lipinski definition) is 3. The summed E-state index contributed by atoms with van der Waals surface area (Å²) in [5.74, 6) is 0.946. The number of aromatic nitrogens is 3. The van der Waals surface area contributed by atoms with Gasteiger partial charge in [-0.3, -0.25) is 9.55 Å². The molecule has 2 aromatic heterocycles. The maximum absolute atomic E-state index is 12.6. The maximum atomic E-state index is 12.6. The van der Waals surface area contributed by atoms with Crippen molar-refractivity contribution in [2.24, 2.45) is 0 Å². The smallest absolute Gasteiger partial charge is 0.148 e. The zero-order chi connectivity index (χ0) is 48.1. The van der Waals surface area contributed by atoms with Crippen molar-refractivity contribution in [2.75, 3.05) is 0 Å². The Kier molecular flexibility index (Phi) is 12.1. The van der Waals surface area contributed by atoms with Gasteiger partial charge in [0.25, 0.3) is 0 Å². The van der Waals surface area contributed by atoms with Crippen LogP contribution in [0.15, 0.2) is 152 Å². The Morgan fingerprint density at radius 2 is 1.13 bits per heavy atom. The number of rotatable bonds is 6. The Labute approximate surface area is 423 Å². The molecule has 0 radical (unpaired) electrons. The number of pyridine rings is 1. The number of aromatic hydroxyl groups is 1. The van der Waals surface area contributed by atoms with Crippen molar-refractivity contribution in [3.63, 3.8) is 0 Å². The number of hydrogen-bond donors (Lipinski definition) is 1. The van der Waals surface area contributed by atoms with Crippen LogP contribution in [0, 0.1) is 6.07 Å². The summed E-state index contributed by atoms with van der Waals surface area (Å²) in [5, 5.41) is 21.5. The number of imidazole rings is 1. The van der Waals surface area contributed by atoms with Crippen LogP contribution in [-0.4, -0.2) is 27.7 Å². The van der Waals surface area contributed by atoms with Crippen molar-refractivity contribution < 1.29 is 26.2 Å². The summed E-state index contributed by atoms with van der Waals surface area (Å²) >= 11 is 0. The fourth-order valence-electron chi connectivity index (χ4n) is 9.79. The molecule has 6 heteroatoms. The van der Waals surface area contributed by atoms with E-state index in [0.29, 0.717) is 11.4 Å². The molecule has 0 saturated heterocycles. The van der Waals surface area contributed by atoms with Crippen molar-refractivity contribution in [2.45, 2.75) is 98.2 Å². The monoisotopic (exact) mass is 1100 g/mol. The summed E-state index contributed by atoms with van der Waals surface area (Å²) in [6.45, 7) is 27.3. The van der Waals surface area contributed by atoms with Crippen LogP contribution in [0.3, 0.4) is 0 Å². The molecule has 10 rings (SSSR count). The van der Waals surface area contributed by atoms with Gasteiger partial charge in [0, 0.05) is 44.2 Å². The molecular formula is C63H62N3OPtSi-. The van der Waals surface area contributed by atoms with Crippen LogP contribution in [0.4, 0.5) is 0 Å². The molecule has 0 aliphatic rings. The molecule has 10 aromatic rings. The molecule has 2 heterocycles.